The molecule has 1 aromatic carbocycles. The largest absolute Gasteiger partial charge is 0.508 e. The van der Waals surface area contributed by atoms with E-state index in [-0.39, 0.29) is 17.4 Å². The zero-order valence-electron chi connectivity index (χ0n) is 15.4. The molecular formula is C18H19ClN6O2S2. The molecule has 0 aliphatic carbocycles. The molecule has 8 nitrogen and oxygen atoms in total. The number of hydrogen-bond acceptors (Lipinski definition) is 8. The smallest absolute Gasteiger partial charge is 0.233 e. The molecule has 3 heterocycles. The standard InChI is InChI=1S/C18H19ClN6O2S2/c19-16-6-5-15(29-16)11-23-7-9-24(10-8-23)17(27)12-28-18-20-21-22-25(18)13-1-3-14(26)4-2-13/h1-6,26H,7-12H2. The van der Waals surface area contributed by atoms with E-state index in [0.717, 1.165) is 29.7 Å². The quantitative estimate of drug-likeness (QED) is 0.577. The van der Waals surface area contributed by atoms with Gasteiger partial charge in [-0.05, 0) is 46.8 Å². The number of aromatic hydroxyl groups is 1. The van der Waals surface area contributed by atoms with Crippen molar-refractivity contribution in [2.45, 2.75) is 11.7 Å². The number of aromatic nitrogens is 4. The highest BCUT2D eigenvalue weighted by Crippen LogP contribution is 2.24. The molecule has 1 fully saturated rings. The maximum absolute atomic E-state index is 12.6. The van der Waals surface area contributed by atoms with Crippen LogP contribution >= 0.6 is 34.7 Å². The van der Waals surface area contributed by atoms with Crippen LogP contribution in [0.2, 0.25) is 4.34 Å². The summed E-state index contributed by atoms with van der Waals surface area (Å²) >= 11 is 8.90. The molecule has 1 aliphatic rings. The third-order valence-corrected chi connectivity index (χ3v) is 6.71. The van der Waals surface area contributed by atoms with Gasteiger partial charge >= 0.3 is 0 Å². The molecule has 0 unspecified atom stereocenters. The molecule has 0 saturated carbocycles. The summed E-state index contributed by atoms with van der Waals surface area (Å²) in [5.74, 6) is 0.528. The number of halogens is 1. The Bertz CT molecular complexity index is 969. The monoisotopic (exact) mass is 450 g/mol. The molecule has 0 spiro atoms. The summed E-state index contributed by atoms with van der Waals surface area (Å²) in [4.78, 5) is 18.1. The van der Waals surface area contributed by atoms with Gasteiger partial charge < -0.3 is 10.0 Å². The maximum atomic E-state index is 12.6. The SMILES string of the molecule is O=C(CSc1nnnn1-c1ccc(O)cc1)N1CCN(Cc2ccc(Cl)s2)CC1. The zero-order chi connectivity index (χ0) is 20.2. The number of carbonyl (C=O) groups excluding carboxylic acids is 1. The highest BCUT2D eigenvalue weighted by Gasteiger charge is 2.22. The first-order chi connectivity index (χ1) is 14.1. The van der Waals surface area contributed by atoms with Gasteiger partial charge in [0.25, 0.3) is 0 Å². The normalized spacial score (nSPS) is 15.0. The number of thiophene rings is 1. The number of piperazine rings is 1. The van der Waals surface area contributed by atoms with Crippen LogP contribution in [0.15, 0.2) is 41.6 Å². The second-order valence-corrected chi connectivity index (χ2v) is 9.28. The van der Waals surface area contributed by atoms with Crippen LogP contribution in [-0.4, -0.2) is 73.0 Å². The average Bonchev–Trinajstić information content (AvgIpc) is 3.36. The van der Waals surface area contributed by atoms with Crippen LogP contribution in [0.5, 0.6) is 5.75 Å². The number of phenols is 1. The predicted molar refractivity (Wildman–Crippen MR) is 113 cm³/mol. The molecule has 4 rings (SSSR count). The lowest BCUT2D eigenvalue weighted by molar-refractivity contribution is -0.130. The summed E-state index contributed by atoms with van der Waals surface area (Å²) in [5.41, 5.74) is 0.727. The fourth-order valence-electron chi connectivity index (χ4n) is 3.05. The lowest BCUT2D eigenvalue weighted by atomic mass is 10.3. The van der Waals surface area contributed by atoms with Crippen LogP contribution < -0.4 is 0 Å². The van der Waals surface area contributed by atoms with Crippen LogP contribution in [0.25, 0.3) is 5.69 Å². The maximum Gasteiger partial charge on any atom is 0.233 e. The second kappa shape index (κ2) is 9.12. The number of tetrazole rings is 1. The topological polar surface area (TPSA) is 87.4 Å². The Balaban J connectivity index is 1.28. The van der Waals surface area contributed by atoms with Gasteiger partial charge in [-0.2, -0.15) is 4.68 Å². The number of carbonyl (C=O) groups is 1. The van der Waals surface area contributed by atoms with Crippen molar-refractivity contribution in [2.75, 3.05) is 31.9 Å². The van der Waals surface area contributed by atoms with Crippen molar-refractivity contribution in [3.05, 3.63) is 45.6 Å². The van der Waals surface area contributed by atoms with Crippen LogP contribution in [0, 0.1) is 0 Å². The van der Waals surface area contributed by atoms with E-state index in [1.54, 1.807) is 40.3 Å². The molecule has 152 valence electrons. The fourth-order valence-corrected chi connectivity index (χ4v) is 4.98. The predicted octanol–water partition coefficient (Wildman–Crippen LogP) is 2.52. The van der Waals surface area contributed by atoms with Crippen molar-refractivity contribution in [1.29, 1.82) is 0 Å². The van der Waals surface area contributed by atoms with Gasteiger partial charge in [0.15, 0.2) is 0 Å². The third kappa shape index (κ3) is 5.08. The van der Waals surface area contributed by atoms with Crippen LogP contribution in [0.1, 0.15) is 4.88 Å². The van der Waals surface area contributed by atoms with E-state index in [1.807, 2.05) is 11.0 Å². The molecular weight excluding hydrogens is 432 g/mol. The molecule has 3 aromatic rings. The zero-order valence-corrected chi connectivity index (χ0v) is 17.8. The van der Waals surface area contributed by atoms with Gasteiger partial charge in [-0.25, -0.2) is 0 Å². The van der Waals surface area contributed by atoms with E-state index in [1.165, 1.54) is 16.6 Å². The molecule has 1 amide bonds. The minimum Gasteiger partial charge on any atom is -0.508 e. The van der Waals surface area contributed by atoms with Crippen molar-refractivity contribution in [3.63, 3.8) is 0 Å². The lowest BCUT2D eigenvalue weighted by Crippen LogP contribution is -2.48. The number of hydrogen-bond donors (Lipinski definition) is 1. The summed E-state index contributed by atoms with van der Waals surface area (Å²) in [5, 5.41) is 21.6. The highest BCUT2D eigenvalue weighted by atomic mass is 35.5. The van der Waals surface area contributed by atoms with Gasteiger partial charge in [0, 0.05) is 37.6 Å². The Kier molecular flexibility index (Phi) is 6.34. The number of rotatable bonds is 6. The first-order valence-corrected chi connectivity index (χ1v) is 11.2. The van der Waals surface area contributed by atoms with E-state index >= 15 is 0 Å². The van der Waals surface area contributed by atoms with E-state index in [4.69, 9.17) is 11.6 Å². The van der Waals surface area contributed by atoms with Crippen LogP contribution in [0.3, 0.4) is 0 Å². The van der Waals surface area contributed by atoms with E-state index in [0.29, 0.717) is 18.2 Å². The molecule has 1 aliphatic heterocycles. The molecule has 1 saturated heterocycles. The lowest BCUT2D eigenvalue weighted by Gasteiger charge is -2.34. The third-order valence-electron chi connectivity index (χ3n) is 4.59. The van der Waals surface area contributed by atoms with Gasteiger partial charge in [-0.3, -0.25) is 9.69 Å². The molecule has 2 aromatic heterocycles. The van der Waals surface area contributed by atoms with E-state index in [9.17, 15) is 9.90 Å². The van der Waals surface area contributed by atoms with Crippen molar-refractivity contribution in [3.8, 4) is 11.4 Å². The molecule has 0 bridgehead atoms. The van der Waals surface area contributed by atoms with Crippen LogP contribution in [-0.2, 0) is 11.3 Å². The van der Waals surface area contributed by atoms with Gasteiger partial charge in [0.2, 0.25) is 11.1 Å². The van der Waals surface area contributed by atoms with Gasteiger partial charge in [0.05, 0.1) is 15.8 Å². The summed E-state index contributed by atoms with van der Waals surface area (Å²) in [6.07, 6.45) is 0. The number of amides is 1. The summed E-state index contributed by atoms with van der Waals surface area (Å²) in [6, 6.07) is 10.6. The molecule has 0 radical (unpaired) electrons. The summed E-state index contributed by atoms with van der Waals surface area (Å²) in [6.45, 7) is 3.98. The van der Waals surface area contributed by atoms with Crippen molar-refractivity contribution in [1.82, 2.24) is 30.0 Å². The van der Waals surface area contributed by atoms with Crippen LogP contribution in [0.4, 0.5) is 0 Å². The molecule has 29 heavy (non-hydrogen) atoms. The first kappa shape index (κ1) is 20.1. The fraction of sp³-hybridized carbons (Fsp3) is 0.333. The Morgan fingerprint density at radius 1 is 1.14 bits per heavy atom. The van der Waals surface area contributed by atoms with E-state index < -0.39 is 0 Å². The van der Waals surface area contributed by atoms with E-state index in [2.05, 4.69) is 26.5 Å². The number of nitrogens with zero attached hydrogens (tertiary/aromatic N) is 6. The van der Waals surface area contributed by atoms with Gasteiger partial charge in [0.1, 0.15) is 5.75 Å². The molecule has 11 heteroatoms. The minimum absolute atomic E-state index is 0.0778. The Labute approximate surface area is 181 Å². The number of thioether (sulfide) groups is 1. The Hall–Kier alpha value is -2.14. The summed E-state index contributed by atoms with van der Waals surface area (Å²) < 4.78 is 2.36. The summed E-state index contributed by atoms with van der Waals surface area (Å²) in [7, 11) is 0. The van der Waals surface area contributed by atoms with Crippen molar-refractivity contribution < 1.29 is 9.90 Å². The minimum atomic E-state index is 0.0778. The van der Waals surface area contributed by atoms with Crippen molar-refractivity contribution >= 4 is 40.6 Å². The average molecular weight is 451 g/mol. The highest BCUT2D eigenvalue weighted by molar-refractivity contribution is 7.99. The number of phenolic OH excluding ortho intramolecular Hbond substituents is 1. The number of benzene rings is 1. The Morgan fingerprint density at radius 2 is 1.90 bits per heavy atom. The first-order valence-electron chi connectivity index (χ1n) is 9.03. The van der Waals surface area contributed by atoms with Crippen molar-refractivity contribution in [2.24, 2.45) is 0 Å². The second-order valence-electron chi connectivity index (χ2n) is 6.54. The molecule has 0 atom stereocenters. The van der Waals surface area contributed by atoms with Gasteiger partial charge in [-0.1, -0.05) is 23.4 Å². The van der Waals surface area contributed by atoms with Gasteiger partial charge in [-0.15, -0.1) is 16.4 Å². The molecule has 1 N–H and O–H groups in total. The Morgan fingerprint density at radius 3 is 2.59 bits per heavy atom.